The van der Waals surface area contributed by atoms with Crippen molar-refractivity contribution in [1.29, 1.82) is 0 Å². The Hall–Kier alpha value is -2.86. The number of nitrogens with zero attached hydrogens (tertiary/aromatic N) is 3. The molecule has 0 spiro atoms. The summed E-state index contributed by atoms with van der Waals surface area (Å²) < 4.78 is 0. The fourth-order valence-electron chi connectivity index (χ4n) is 3.06. The van der Waals surface area contributed by atoms with Crippen LogP contribution in [0.4, 0.5) is 0 Å². The van der Waals surface area contributed by atoms with Gasteiger partial charge in [0.1, 0.15) is 0 Å². The van der Waals surface area contributed by atoms with Crippen LogP contribution in [0, 0.1) is 0 Å². The van der Waals surface area contributed by atoms with Crippen LogP contribution < -0.4 is 5.32 Å². The van der Waals surface area contributed by atoms with Crippen molar-refractivity contribution in [3.05, 3.63) is 70.2 Å². The molecule has 0 aliphatic carbocycles. The molecule has 2 aromatic carbocycles. The Balaban J connectivity index is 1.57. The van der Waals surface area contributed by atoms with E-state index in [-0.39, 0.29) is 18.4 Å². The summed E-state index contributed by atoms with van der Waals surface area (Å²) in [6, 6.07) is 14.5. The molecule has 0 radical (unpaired) electrons. The van der Waals surface area contributed by atoms with Gasteiger partial charge in [0.15, 0.2) is 5.96 Å². The van der Waals surface area contributed by atoms with Crippen molar-refractivity contribution in [3.63, 3.8) is 0 Å². The normalized spacial score (nSPS) is 13.7. The van der Waals surface area contributed by atoms with Crippen LogP contribution >= 0.6 is 11.6 Å². The Morgan fingerprint density at radius 1 is 1.07 bits per heavy atom. The summed E-state index contributed by atoms with van der Waals surface area (Å²) in [5.41, 5.74) is 1.91. The Bertz CT molecular complexity index is 862. The standard InChI is InChI=1S/C20H21ClN4O2/c1-22-20(24(2)13-14-7-3-6-10-17(14)21)23-11-12-25-18(26)15-8-4-5-9-16(15)19(25)27/h3-10H,11-13H2,1-2H3,(H,22,23). The largest absolute Gasteiger partial charge is 0.354 e. The Morgan fingerprint density at radius 2 is 1.67 bits per heavy atom. The fourth-order valence-corrected chi connectivity index (χ4v) is 3.26. The molecule has 0 saturated carbocycles. The molecule has 7 heteroatoms. The third-order valence-electron chi connectivity index (χ3n) is 4.44. The zero-order chi connectivity index (χ0) is 19.4. The van der Waals surface area contributed by atoms with E-state index in [1.54, 1.807) is 31.3 Å². The number of hydrogen-bond donors (Lipinski definition) is 1. The summed E-state index contributed by atoms with van der Waals surface area (Å²) in [5.74, 6) is 0.153. The van der Waals surface area contributed by atoms with Gasteiger partial charge in [-0.2, -0.15) is 0 Å². The molecule has 0 aromatic heterocycles. The second-order valence-electron chi connectivity index (χ2n) is 6.23. The molecule has 0 bridgehead atoms. The second-order valence-corrected chi connectivity index (χ2v) is 6.64. The monoisotopic (exact) mass is 384 g/mol. The number of halogens is 1. The number of guanidine groups is 1. The molecule has 0 unspecified atom stereocenters. The van der Waals surface area contributed by atoms with E-state index in [9.17, 15) is 9.59 Å². The maximum Gasteiger partial charge on any atom is 0.261 e. The first-order valence-corrected chi connectivity index (χ1v) is 9.01. The van der Waals surface area contributed by atoms with Crippen LogP contribution in [0.15, 0.2) is 53.5 Å². The Morgan fingerprint density at radius 3 is 2.26 bits per heavy atom. The number of fused-ring (bicyclic) bond motifs is 1. The van der Waals surface area contributed by atoms with E-state index < -0.39 is 0 Å². The van der Waals surface area contributed by atoms with Gasteiger partial charge in [0.05, 0.1) is 11.1 Å². The number of rotatable bonds is 5. The quantitative estimate of drug-likeness (QED) is 0.489. The lowest BCUT2D eigenvalue weighted by molar-refractivity contribution is 0.0657. The first-order chi connectivity index (χ1) is 13.0. The van der Waals surface area contributed by atoms with Crippen molar-refractivity contribution in [2.45, 2.75) is 6.54 Å². The molecule has 1 heterocycles. The van der Waals surface area contributed by atoms with Crippen LogP contribution in [-0.2, 0) is 6.54 Å². The molecule has 2 aromatic rings. The van der Waals surface area contributed by atoms with E-state index in [4.69, 9.17) is 11.6 Å². The molecule has 27 heavy (non-hydrogen) atoms. The minimum atomic E-state index is -0.253. The minimum Gasteiger partial charge on any atom is -0.354 e. The van der Waals surface area contributed by atoms with E-state index in [0.29, 0.717) is 35.2 Å². The summed E-state index contributed by atoms with van der Waals surface area (Å²) >= 11 is 6.21. The highest BCUT2D eigenvalue weighted by atomic mass is 35.5. The minimum absolute atomic E-state index is 0.253. The highest BCUT2D eigenvalue weighted by molar-refractivity contribution is 6.31. The molecule has 1 N–H and O–H groups in total. The lowest BCUT2D eigenvalue weighted by Gasteiger charge is -2.23. The number of nitrogens with one attached hydrogen (secondary N) is 1. The smallest absolute Gasteiger partial charge is 0.261 e. The van der Waals surface area contributed by atoms with E-state index in [2.05, 4.69) is 10.3 Å². The van der Waals surface area contributed by atoms with Crippen LogP contribution in [-0.4, -0.2) is 54.8 Å². The van der Waals surface area contributed by atoms with Gasteiger partial charge in [-0.3, -0.25) is 19.5 Å². The van der Waals surface area contributed by atoms with Crippen LogP contribution in [0.25, 0.3) is 0 Å². The molecule has 3 rings (SSSR count). The van der Waals surface area contributed by atoms with Gasteiger partial charge < -0.3 is 10.2 Å². The predicted octanol–water partition coefficient (Wildman–Crippen LogP) is 2.64. The first kappa shape index (κ1) is 18.9. The van der Waals surface area contributed by atoms with Gasteiger partial charge in [0.2, 0.25) is 0 Å². The number of aliphatic imine (C=N–C) groups is 1. The van der Waals surface area contributed by atoms with Crippen molar-refractivity contribution < 1.29 is 9.59 Å². The van der Waals surface area contributed by atoms with Crippen LogP contribution in [0.5, 0.6) is 0 Å². The third-order valence-corrected chi connectivity index (χ3v) is 4.80. The summed E-state index contributed by atoms with van der Waals surface area (Å²) in [7, 11) is 3.59. The lowest BCUT2D eigenvalue weighted by atomic mass is 10.1. The number of carbonyl (C=O) groups excluding carboxylic acids is 2. The van der Waals surface area contributed by atoms with Crippen molar-refractivity contribution in [2.24, 2.45) is 4.99 Å². The first-order valence-electron chi connectivity index (χ1n) is 8.63. The van der Waals surface area contributed by atoms with Crippen molar-refractivity contribution >= 4 is 29.4 Å². The number of carbonyl (C=O) groups is 2. The molecule has 2 amide bonds. The Labute approximate surface area is 163 Å². The van der Waals surface area contributed by atoms with Gasteiger partial charge in [-0.1, -0.05) is 41.9 Å². The molecule has 1 aliphatic heterocycles. The van der Waals surface area contributed by atoms with Crippen molar-refractivity contribution in [3.8, 4) is 0 Å². The van der Waals surface area contributed by atoms with Crippen LogP contribution in [0.2, 0.25) is 5.02 Å². The molecule has 0 atom stereocenters. The van der Waals surface area contributed by atoms with E-state index in [1.807, 2.05) is 36.2 Å². The fraction of sp³-hybridized carbons (Fsp3) is 0.250. The zero-order valence-corrected chi connectivity index (χ0v) is 16.0. The van der Waals surface area contributed by atoms with Gasteiger partial charge in [-0.05, 0) is 23.8 Å². The maximum atomic E-state index is 12.4. The number of benzene rings is 2. The van der Waals surface area contributed by atoms with E-state index in [1.165, 1.54) is 4.90 Å². The molecular weight excluding hydrogens is 364 g/mol. The van der Waals surface area contributed by atoms with Crippen LogP contribution in [0.3, 0.4) is 0 Å². The molecule has 1 aliphatic rings. The number of hydrogen-bond acceptors (Lipinski definition) is 3. The highest BCUT2D eigenvalue weighted by Gasteiger charge is 2.34. The summed E-state index contributed by atoms with van der Waals surface area (Å²) in [6.45, 7) is 1.27. The average molecular weight is 385 g/mol. The maximum absolute atomic E-state index is 12.4. The Kier molecular flexibility index (Phi) is 5.76. The van der Waals surface area contributed by atoms with E-state index >= 15 is 0 Å². The highest BCUT2D eigenvalue weighted by Crippen LogP contribution is 2.21. The van der Waals surface area contributed by atoms with Crippen LogP contribution in [0.1, 0.15) is 26.3 Å². The summed E-state index contributed by atoms with van der Waals surface area (Å²) in [4.78, 5) is 32.2. The number of amides is 2. The van der Waals surface area contributed by atoms with Gasteiger partial charge in [0, 0.05) is 38.8 Å². The molecule has 0 saturated heterocycles. The predicted molar refractivity (Wildman–Crippen MR) is 106 cm³/mol. The third kappa shape index (κ3) is 3.95. The summed E-state index contributed by atoms with van der Waals surface area (Å²) in [6.07, 6.45) is 0. The summed E-state index contributed by atoms with van der Waals surface area (Å²) in [5, 5.41) is 3.89. The van der Waals surface area contributed by atoms with Crippen molar-refractivity contribution in [1.82, 2.24) is 15.1 Å². The lowest BCUT2D eigenvalue weighted by Crippen LogP contribution is -2.43. The molecular formula is C20H21ClN4O2. The van der Waals surface area contributed by atoms with Crippen molar-refractivity contribution in [2.75, 3.05) is 27.2 Å². The van der Waals surface area contributed by atoms with Gasteiger partial charge >= 0.3 is 0 Å². The van der Waals surface area contributed by atoms with E-state index in [0.717, 1.165) is 5.56 Å². The molecule has 140 valence electrons. The molecule has 6 nitrogen and oxygen atoms in total. The average Bonchev–Trinajstić information content (AvgIpc) is 2.92. The van der Waals surface area contributed by atoms with Gasteiger partial charge in [-0.15, -0.1) is 0 Å². The SMILES string of the molecule is CN=C(NCCN1C(=O)c2ccccc2C1=O)N(C)Cc1ccccc1Cl. The van der Waals surface area contributed by atoms with Gasteiger partial charge in [0.25, 0.3) is 11.8 Å². The topological polar surface area (TPSA) is 65.0 Å². The van der Waals surface area contributed by atoms with Gasteiger partial charge in [-0.25, -0.2) is 0 Å². The zero-order valence-electron chi connectivity index (χ0n) is 15.3. The molecule has 0 fully saturated rings. The number of imide groups is 1. The second kappa shape index (κ2) is 8.22.